The van der Waals surface area contributed by atoms with Crippen molar-refractivity contribution in [2.24, 2.45) is 0 Å². The summed E-state index contributed by atoms with van der Waals surface area (Å²) in [5.41, 5.74) is 2.38. The lowest BCUT2D eigenvalue weighted by Gasteiger charge is -2.27. The Morgan fingerprint density at radius 2 is 1.69 bits per heavy atom. The minimum atomic E-state index is -0.888. The SMILES string of the molecule is COc1cc(/C=C2\C(=O)NC(=O)N(c3ccccc3Cl)C2=O)cc(Cl)c1OCc1ccc(C)cc1. The number of anilines is 1. The van der Waals surface area contributed by atoms with E-state index in [0.717, 1.165) is 16.0 Å². The number of para-hydroxylation sites is 1. The zero-order chi connectivity index (χ0) is 25.1. The van der Waals surface area contributed by atoms with Gasteiger partial charge in [-0.2, -0.15) is 0 Å². The van der Waals surface area contributed by atoms with Crippen molar-refractivity contribution in [3.8, 4) is 11.5 Å². The van der Waals surface area contributed by atoms with Gasteiger partial charge in [-0.25, -0.2) is 9.69 Å². The van der Waals surface area contributed by atoms with Gasteiger partial charge in [0.15, 0.2) is 11.5 Å². The van der Waals surface area contributed by atoms with E-state index < -0.39 is 17.8 Å². The van der Waals surface area contributed by atoms with E-state index in [2.05, 4.69) is 5.32 Å². The quantitative estimate of drug-likeness (QED) is 0.346. The van der Waals surface area contributed by atoms with Gasteiger partial charge < -0.3 is 9.47 Å². The molecule has 1 saturated heterocycles. The molecule has 7 nitrogen and oxygen atoms in total. The molecular formula is C26H20Cl2N2O5. The zero-order valence-electron chi connectivity index (χ0n) is 18.8. The van der Waals surface area contributed by atoms with E-state index in [1.54, 1.807) is 24.3 Å². The Labute approximate surface area is 211 Å². The number of imide groups is 2. The number of aryl methyl sites for hydroxylation is 1. The number of nitrogens with zero attached hydrogens (tertiary/aromatic N) is 1. The van der Waals surface area contributed by atoms with Gasteiger partial charge in [0, 0.05) is 0 Å². The minimum absolute atomic E-state index is 0.158. The second kappa shape index (κ2) is 10.2. The number of halogens is 2. The van der Waals surface area contributed by atoms with E-state index in [1.807, 2.05) is 31.2 Å². The number of nitrogens with one attached hydrogen (secondary N) is 1. The van der Waals surface area contributed by atoms with Crippen LogP contribution in [0.2, 0.25) is 10.0 Å². The number of benzene rings is 3. The van der Waals surface area contributed by atoms with Crippen molar-refractivity contribution in [2.75, 3.05) is 12.0 Å². The molecule has 0 saturated carbocycles. The van der Waals surface area contributed by atoms with E-state index in [1.165, 1.54) is 25.3 Å². The lowest BCUT2D eigenvalue weighted by molar-refractivity contribution is -0.122. The van der Waals surface area contributed by atoms with Crippen LogP contribution < -0.4 is 19.7 Å². The number of ether oxygens (including phenoxy) is 2. The van der Waals surface area contributed by atoms with Crippen molar-refractivity contribution in [1.82, 2.24) is 5.32 Å². The number of carbonyl (C=O) groups is 3. The summed E-state index contributed by atoms with van der Waals surface area (Å²) < 4.78 is 11.3. The van der Waals surface area contributed by atoms with Crippen molar-refractivity contribution >= 4 is 52.8 Å². The highest BCUT2D eigenvalue weighted by atomic mass is 35.5. The molecule has 0 bridgehead atoms. The molecule has 178 valence electrons. The third-order valence-corrected chi connectivity index (χ3v) is 5.86. The Hall–Kier alpha value is -3.81. The van der Waals surface area contributed by atoms with E-state index in [4.69, 9.17) is 32.7 Å². The number of hydrogen-bond donors (Lipinski definition) is 1. The molecular weight excluding hydrogens is 491 g/mol. The number of amides is 4. The first kappa shape index (κ1) is 24.3. The Morgan fingerprint density at radius 1 is 0.971 bits per heavy atom. The molecule has 1 heterocycles. The molecule has 9 heteroatoms. The maximum atomic E-state index is 13.1. The first-order valence-electron chi connectivity index (χ1n) is 10.5. The second-order valence-corrected chi connectivity index (χ2v) is 8.53. The summed E-state index contributed by atoms with van der Waals surface area (Å²) in [6, 6.07) is 16.4. The summed E-state index contributed by atoms with van der Waals surface area (Å²) in [6.45, 7) is 2.27. The fourth-order valence-electron chi connectivity index (χ4n) is 3.48. The van der Waals surface area contributed by atoms with Crippen LogP contribution >= 0.6 is 23.2 Å². The van der Waals surface area contributed by atoms with Gasteiger partial charge >= 0.3 is 6.03 Å². The monoisotopic (exact) mass is 510 g/mol. The third kappa shape index (κ3) is 5.16. The fourth-order valence-corrected chi connectivity index (χ4v) is 3.97. The molecule has 3 aromatic rings. The van der Waals surface area contributed by atoms with Gasteiger partial charge in [0.2, 0.25) is 0 Å². The Balaban J connectivity index is 1.64. The van der Waals surface area contributed by atoms with Crippen molar-refractivity contribution < 1.29 is 23.9 Å². The maximum Gasteiger partial charge on any atom is 0.335 e. The van der Waals surface area contributed by atoms with Crippen LogP contribution in [0.5, 0.6) is 11.5 Å². The summed E-state index contributed by atoms with van der Waals surface area (Å²) in [5.74, 6) is -1.01. The van der Waals surface area contributed by atoms with Crippen LogP contribution in [0, 0.1) is 6.92 Å². The first-order valence-corrected chi connectivity index (χ1v) is 11.3. The van der Waals surface area contributed by atoms with Crippen molar-refractivity contribution in [2.45, 2.75) is 13.5 Å². The number of urea groups is 1. The number of hydrogen-bond acceptors (Lipinski definition) is 5. The summed E-state index contributed by atoms with van der Waals surface area (Å²) in [4.78, 5) is 38.8. The Kier molecular flexibility index (Phi) is 7.10. The zero-order valence-corrected chi connectivity index (χ0v) is 20.3. The normalized spacial score (nSPS) is 14.8. The van der Waals surface area contributed by atoms with E-state index in [9.17, 15) is 14.4 Å². The lowest BCUT2D eigenvalue weighted by Crippen LogP contribution is -2.54. The highest BCUT2D eigenvalue weighted by molar-refractivity contribution is 6.42. The standard InChI is InChI=1S/C26H20Cl2N2O5/c1-15-7-9-16(10-8-15)14-35-23-20(28)12-17(13-22(23)34-2)11-18-24(31)29-26(33)30(25(18)32)21-6-4-3-5-19(21)27/h3-13H,14H2,1-2H3,(H,29,31,33)/b18-11+. The molecule has 1 aliphatic heterocycles. The molecule has 0 spiro atoms. The molecule has 4 amide bonds. The average molecular weight is 511 g/mol. The Morgan fingerprint density at radius 3 is 2.37 bits per heavy atom. The van der Waals surface area contributed by atoms with Gasteiger partial charge in [0.1, 0.15) is 12.2 Å². The van der Waals surface area contributed by atoms with Crippen LogP contribution in [0.25, 0.3) is 6.08 Å². The summed E-state index contributed by atoms with van der Waals surface area (Å²) in [5, 5.41) is 2.58. The van der Waals surface area contributed by atoms with Crippen molar-refractivity contribution in [3.63, 3.8) is 0 Å². The van der Waals surface area contributed by atoms with E-state index in [0.29, 0.717) is 17.1 Å². The average Bonchev–Trinajstić information content (AvgIpc) is 2.83. The van der Waals surface area contributed by atoms with Gasteiger partial charge in [0.05, 0.1) is 22.8 Å². The predicted octanol–water partition coefficient (Wildman–Crippen LogP) is 5.56. The molecule has 0 aliphatic carbocycles. The first-order chi connectivity index (χ1) is 16.8. The van der Waals surface area contributed by atoms with Gasteiger partial charge in [0.25, 0.3) is 11.8 Å². The summed E-state index contributed by atoms with van der Waals surface area (Å²) >= 11 is 12.6. The molecule has 0 radical (unpaired) electrons. The van der Waals surface area contributed by atoms with Crippen LogP contribution in [0.15, 0.2) is 66.2 Å². The second-order valence-electron chi connectivity index (χ2n) is 7.72. The van der Waals surface area contributed by atoms with Gasteiger partial charge in [-0.3, -0.25) is 14.9 Å². The predicted molar refractivity (Wildman–Crippen MR) is 134 cm³/mol. The van der Waals surface area contributed by atoms with Crippen LogP contribution in [0.1, 0.15) is 16.7 Å². The van der Waals surface area contributed by atoms with Crippen molar-refractivity contribution in [1.29, 1.82) is 0 Å². The van der Waals surface area contributed by atoms with Crippen molar-refractivity contribution in [3.05, 3.63) is 93.0 Å². The Bertz CT molecular complexity index is 1350. The molecule has 1 aliphatic rings. The van der Waals surface area contributed by atoms with Crippen LogP contribution in [-0.2, 0) is 16.2 Å². The lowest BCUT2D eigenvalue weighted by atomic mass is 10.1. The molecule has 3 aromatic carbocycles. The molecule has 1 fully saturated rings. The molecule has 0 atom stereocenters. The van der Waals surface area contributed by atoms with E-state index >= 15 is 0 Å². The maximum absolute atomic E-state index is 13.1. The van der Waals surface area contributed by atoms with Crippen LogP contribution in [0.3, 0.4) is 0 Å². The molecule has 35 heavy (non-hydrogen) atoms. The molecule has 1 N–H and O–H groups in total. The molecule has 4 rings (SSSR count). The third-order valence-electron chi connectivity index (χ3n) is 5.26. The fraction of sp³-hybridized carbons (Fsp3) is 0.115. The van der Waals surface area contributed by atoms with E-state index in [-0.39, 0.29) is 27.9 Å². The smallest absolute Gasteiger partial charge is 0.335 e. The highest BCUT2D eigenvalue weighted by Crippen LogP contribution is 2.38. The summed E-state index contributed by atoms with van der Waals surface area (Å²) in [7, 11) is 1.46. The van der Waals surface area contributed by atoms with Crippen LogP contribution in [0.4, 0.5) is 10.5 Å². The summed E-state index contributed by atoms with van der Waals surface area (Å²) in [6.07, 6.45) is 1.33. The molecule has 0 unspecified atom stereocenters. The van der Waals surface area contributed by atoms with Gasteiger partial charge in [-0.1, -0.05) is 65.2 Å². The number of rotatable bonds is 6. The highest BCUT2D eigenvalue weighted by Gasteiger charge is 2.37. The van der Waals surface area contributed by atoms with Gasteiger partial charge in [-0.15, -0.1) is 0 Å². The minimum Gasteiger partial charge on any atom is -0.493 e. The number of methoxy groups -OCH3 is 1. The topological polar surface area (TPSA) is 84.9 Å². The van der Waals surface area contributed by atoms with Crippen LogP contribution in [-0.4, -0.2) is 25.0 Å². The largest absolute Gasteiger partial charge is 0.493 e. The van der Waals surface area contributed by atoms with Gasteiger partial charge in [-0.05, 0) is 48.4 Å². The number of carbonyl (C=O) groups excluding carboxylic acids is 3. The molecule has 0 aromatic heterocycles. The number of barbiturate groups is 1.